The van der Waals surface area contributed by atoms with Gasteiger partial charge in [-0.2, -0.15) is 0 Å². The van der Waals surface area contributed by atoms with Crippen molar-refractivity contribution in [2.75, 3.05) is 19.6 Å². The third-order valence-corrected chi connectivity index (χ3v) is 4.80. The summed E-state index contributed by atoms with van der Waals surface area (Å²) in [5.41, 5.74) is 0. The van der Waals surface area contributed by atoms with Crippen molar-refractivity contribution in [1.82, 2.24) is 10.2 Å². The first-order valence-corrected chi connectivity index (χ1v) is 8.39. The Morgan fingerprint density at radius 1 is 1.00 bits per heavy atom. The van der Waals surface area contributed by atoms with E-state index in [2.05, 4.69) is 17.1 Å². The highest BCUT2D eigenvalue weighted by molar-refractivity contribution is 4.91. The maximum Gasteiger partial charge on any atom is 0.0249 e. The molecule has 2 heteroatoms. The average Bonchev–Trinajstić information content (AvgIpc) is 2.43. The van der Waals surface area contributed by atoms with Crippen molar-refractivity contribution in [3.8, 4) is 0 Å². The molecule has 0 radical (unpaired) electrons. The van der Waals surface area contributed by atoms with Gasteiger partial charge in [-0.1, -0.05) is 51.9 Å². The molecule has 2 nitrogen and oxygen atoms in total. The Morgan fingerprint density at radius 3 is 2.67 bits per heavy atom. The summed E-state index contributed by atoms with van der Waals surface area (Å²) in [6.45, 7) is 6.16. The maximum atomic E-state index is 3.73. The first kappa shape index (κ1) is 14.3. The molecule has 0 spiro atoms. The van der Waals surface area contributed by atoms with Crippen molar-refractivity contribution in [2.45, 2.75) is 83.2 Å². The van der Waals surface area contributed by atoms with Gasteiger partial charge in [0, 0.05) is 25.2 Å². The normalized spacial score (nSPS) is 29.2. The quantitative estimate of drug-likeness (QED) is 0.697. The molecule has 0 aromatic heterocycles. The van der Waals surface area contributed by atoms with Crippen molar-refractivity contribution in [1.29, 1.82) is 0 Å². The largest absolute Gasteiger partial charge is 0.311 e. The Bertz CT molecular complexity index is 215. The number of rotatable bonds is 7. The second-order valence-corrected chi connectivity index (χ2v) is 6.22. The van der Waals surface area contributed by atoms with E-state index >= 15 is 0 Å². The van der Waals surface area contributed by atoms with E-state index in [9.17, 15) is 0 Å². The molecule has 1 saturated heterocycles. The van der Waals surface area contributed by atoms with Gasteiger partial charge in [-0.05, 0) is 25.8 Å². The lowest BCUT2D eigenvalue weighted by atomic mass is 9.87. The topological polar surface area (TPSA) is 15.3 Å². The third kappa shape index (κ3) is 4.24. The summed E-state index contributed by atoms with van der Waals surface area (Å²) in [5.74, 6) is 0. The molecule has 1 aliphatic carbocycles. The number of piperazine rings is 1. The highest BCUT2D eigenvalue weighted by atomic mass is 15.2. The number of nitrogens with one attached hydrogen (secondary N) is 1. The third-order valence-electron chi connectivity index (χ3n) is 4.80. The highest BCUT2D eigenvalue weighted by Crippen LogP contribution is 2.25. The molecular formula is C16H32N2. The SMILES string of the molecule is CCCCCCCCN1CCNC2CCCCC21. The number of nitrogens with zero attached hydrogens (tertiary/aromatic N) is 1. The Hall–Kier alpha value is -0.0800. The van der Waals surface area contributed by atoms with E-state index in [1.807, 2.05) is 0 Å². The summed E-state index contributed by atoms with van der Waals surface area (Å²) in [4.78, 5) is 2.79. The molecule has 0 amide bonds. The fourth-order valence-electron chi connectivity index (χ4n) is 3.72. The lowest BCUT2D eigenvalue weighted by Crippen LogP contribution is -2.59. The minimum absolute atomic E-state index is 0.813. The molecule has 1 heterocycles. The van der Waals surface area contributed by atoms with Crippen LogP contribution in [0.3, 0.4) is 0 Å². The number of unbranched alkanes of at least 4 members (excludes halogenated alkanes) is 5. The second kappa shape index (κ2) is 8.16. The van der Waals surface area contributed by atoms with Gasteiger partial charge in [0.05, 0.1) is 0 Å². The van der Waals surface area contributed by atoms with Crippen molar-refractivity contribution < 1.29 is 0 Å². The fourth-order valence-corrected chi connectivity index (χ4v) is 3.72. The van der Waals surface area contributed by atoms with Crippen LogP contribution < -0.4 is 5.32 Å². The minimum atomic E-state index is 0.813. The van der Waals surface area contributed by atoms with Crippen molar-refractivity contribution in [3.63, 3.8) is 0 Å². The summed E-state index contributed by atoms with van der Waals surface area (Å²) in [6, 6.07) is 1.68. The Balaban J connectivity index is 1.62. The predicted octanol–water partition coefficient (Wildman–Crippen LogP) is 3.56. The molecule has 2 atom stereocenters. The summed E-state index contributed by atoms with van der Waals surface area (Å²) in [5, 5.41) is 3.73. The lowest BCUT2D eigenvalue weighted by Gasteiger charge is -2.44. The van der Waals surface area contributed by atoms with Crippen LogP contribution in [0.15, 0.2) is 0 Å². The van der Waals surface area contributed by atoms with Crippen molar-refractivity contribution in [3.05, 3.63) is 0 Å². The molecule has 2 unspecified atom stereocenters. The zero-order valence-electron chi connectivity index (χ0n) is 12.3. The molecule has 0 aromatic carbocycles. The molecule has 1 aliphatic heterocycles. The molecule has 1 N–H and O–H groups in total. The van der Waals surface area contributed by atoms with Crippen LogP contribution in [0.2, 0.25) is 0 Å². The number of hydrogen-bond acceptors (Lipinski definition) is 2. The van der Waals surface area contributed by atoms with Crippen LogP contribution in [-0.2, 0) is 0 Å². The van der Waals surface area contributed by atoms with Gasteiger partial charge in [-0.15, -0.1) is 0 Å². The predicted molar refractivity (Wildman–Crippen MR) is 79.0 cm³/mol. The van der Waals surface area contributed by atoms with Crippen LogP contribution in [-0.4, -0.2) is 36.6 Å². The first-order chi connectivity index (χ1) is 8.92. The monoisotopic (exact) mass is 252 g/mol. The average molecular weight is 252 g/mol. The molecule has 18 heavy (non-hydrogen) atoms. The summed E-state index contributed by atoms with van der Waals surface area (Å²) >= 11 is 0. The van der Waals surface area contributed by atoms with E-state index in [1.165, 1.54) is 83.8 Å². The Morgan fingerprint density at radius 2 is 1.78 bits per heavy atom. The molecule has 0 aromatic rings. The summed E-state index contributed by atoms with van der Waals surface area (Å²) in [6.07, 6.45) is 14.3. The van der Waals surface area contributed by atoms with E-state index in [1.54, 1.807) is 0 Å². The van der Waals surface area contributed by atoms with Crippen molar-refractivity contribution in [2.24, 2.45) is 0 Å². The molecule has 0 bridgehead atoms. The van der Waals surface area contributed by atoms with Gasteiger partial charge >= 0.3 is 0 Å². The van der Waals surface area contributed by atoms with Crippen molar-refractivity contribution >= 4 is 0 Å². The Labute approximate surface area is 114 Å². The van der Waals surface area contributed by atoms with Crippen LogP contribution in [0, 0.1) is 0 Å². The van der Waals surface area contributed by atoms with E-state index < -0.39 is 0 Å². The van der Waals surface area contributed by atoms with Crippen LogP contribution in [0.5, 0.6) is 0 Å². The second-order valence-electron chi connectivity index (χ2n) is 6.22. The highest BCUT2D eigenvalue weighted by Gasteiger charge is 2.32. The number of fused-ring (bicyclic) bond motifs is 1. The van der Waals surface area contributed by atoms with Crippen LogP contribution in [0.4, 0.5) is 0 Å². The number of hydrogen-bond donors (Lipinski definition) is 1. The molecule has 106 valence electrons. The van der Waals surface area contributed by atoms with Crippen LogP contribution in [0.1, 0.15) is 71.1 Å². The fraction of sp³-hybridized carbons (Fsp3) is 1.00. The van der Waals surface area contributed by atoms with Gasteiger partial charge in [0.25, 0.3) is 0 Å². The summed E-state index contributed by atoms with van der Waals surface area (Å²) in [7, 11) is 0. The zero-order valence-corrected chi connectivity index (χ0v) is 12.3. The molecule has 1 saturated carbocycles. The van der Waals surface area contributed by atoms with Crippen LogP contribution in [0.25, 0.3) is 0 Å². The maximum absolute atomic E-state index is 3.73. The first-order valence-electron chi connectivity index (χ1n) is 8.39. The standard InChI is InChI=1S/C16H32N2/c1-2-3-4-5-6-9-13-18-14-12-17-15-10-7-8-11-16(15)18/h15-17H,2-14H2,1H3. The van der Waals surface area contributed by atoms with Gasteiger partial charge in [0.2, 0.25) is 0 Å². The smallest absolute Gasteiger partial charge is 0.0249 e. The summed E-state index contributed by atoms with van der Waals surface area (Å²) < 4.78 is 0. The van der Waals surface area contributed by atoms with E-state index in [0.29, 0.717) is 0 Å². The van der Waals surface area contributed by atoms with Gasteiger partial charge < -0.3 is 5.32 Å². The van der Waals surface area contributed by atoms with Gasteiger partial charge in [0.15, 0.2) is 0 Å². The van der Waals surface area contributed by atoms with Gasteiger partial charge in [-0.3, -0.25) is 4.90 Å². The zero-order chi connectivity index (χ0) is 12.6. The molecule has 2 fully saturated rings. The lowest BCUT2D eigenvalue weighted by molar-refractivity contribution is 0.0863. The van der Waals surface area contributed by atoms with Gasteiger partial charge in [0.1, 0.15) is 0 Å². The molecular weight excluding hydrogens is 220 g/mol. The molecule has 2 rings (SSSR count). The van der Waals surface area contributed by atoms with Crippen LogP contribution >= 0.6 is 0 Å². The van der Waals surface area contributed by atoms with Gasteiger partial charge in [-0.25, -0.2) is 0 Å². The molecule has 2 aliphatic rings. The van der Waals surface area contributed by atoms with E-state index in [4.69, 9.17) is 0 Å². The minimum Gasteiger partial charge on any atom is -0.311 e. The van der Waals surface area contributed by atoms with E-state index in [0.717, 1.165) is 12.1 Å². The van der Waals surface area contributed by atoms with E-state index in [-0.39, 0.29) is 0 Å². The Kier molecular flexibility index (Phi) is 6.50.